The van der Waals surface area contributed by atoms with Crippen LogP contribution in [0.25, 0.3) is 0 Å². The van der Waals surface area contributed by atoms with E-state index in [1.807, 2.05) is 0 Å². The molecular weight excluding hydrogens is 290 g/mol. The number of aromatic carboxylic acids is 1. The molecule has 1 fully saturated rings. The number of ether oxygens (including phenoxy) is 1. The first-order valence-corrected chi connectivity index (χ1v) is 7.86. The minimum absolute atomic E-state index is 0.0516. The van der Waals surface area contributed by atoms with Gasteiger partial charge in [0.1, 0.15) is 22.9 Å². The highest BCUT2D eigenvalue weighted by Gasteiger charge is 2.22. The summed E-state index contributed by atoms with van der Waals surface area (Å²) in [5, 5.41) is 8.72. The number of hydrogen-bond acceptors (Lipinski definition) is 2. The van der Waals surface area contributed by atoms with Gasteiger partial charge >= 0.3 is 5.97 Å². The second kappa shape index (κ2) is 7.56. The van der Waals surface area contributed by atoms with E-state index in [1.54, 1.807) is 0 Å². The summed E-state index contributed by atoms with van der Waals surface area (Å²) in [6.45, 7) is 2.61. The summed E-state index contributed by atoms with van der Waals surface area (Å²) in [5.74, 6) is -2.57. The number of halogens is 2. The highest BCUT2D eigenvalue weighted by molar-refractivity contribution is 5.88. The SMILES string of the molecule is CCC[C@H]1CC[C@H](COc2cc(F)c(C(=O)O)c(F)c2)CC1. The minimum Gasteiger partial charge on any atom is -0.493 e. The van der Waals surface area contributed by atoms with Crippen LogP contribution in [0.1, 0.15) is 55.8 Å². The predicted octanol–water partition coefficient (Wildman–Crippen LogP) is 4.65. The molecule has 0 bridgehead atoms. The summed E-state index contributed by atoms with van der Waals surface area (Å²) in [7, 11) is 0. The maximum atomic E-state index is 13.6. The van der Waals surface area contributed by atoms with E-state index in [0.29, 0.717) is 12.5 Å². The van der Waals surface area contributed by atoms with Gasteiger partial charge in [-0.15, -0.1) is 0 Å². The molecule has 5 heteroatoms. The van der Waals surface area contributed by atoms with Crippen LogP contribution in [0.5, 0.6) is 5.75 Å². The quantitative estimate of drug-likeness (QED) is 0.832. The third-order valence-corrected chi connectivity index (χ3v) is 4.38. The summed E-state index contributed by atoms with van der Waals surface area (Å²) in [6.07, 6.45) is 6.98. The molecule has 1 aliphatic carbocycles. The van der Waals surface area contributed by atoms with Gasteiger partial charge in [-0.1, -0.05) is 32.6 Å². The van der Waals surface area contributed by atoms with E-state index in [1.165, 1.54) is 25.7 Å². The Labute approximate surface area is 129 Å². The lowest BCUT2D eigenvalue weighted by Crippen LogP contribution is -2.20. The Hall–Kier alpha value is -1.65. The first-order valence-electron chi connectivity index (χ1n) is 7.86. The second-order valence-electron chi connectivity index (χ2n) is 6.05. The number of carboxylic acid groups (broad SMARTS) is 1. The summed E-state index contributed by atoms with van der Waals surface area (Å²) < 4.78 is 32.6. The Balaban J connectivity index is 1.89. The zero-order valence-electron chi connectivity index (χ0n) is 12.8. The lowest BCUT2D eigenvalue weighted by atomic mass is 9.80. The molecule has 0 heterocycles. The van der Waals surface area contributed by atoms with E-state index in [4.69, 9.17) is 9.84 Å². The van der Waals surface area contributed by atoms with Crippen molar-refractivity contribution in [3.05, 3.63) is 29.3 Å². The van der Waals surface area contributed by atoms with Crippen LogP contribution in [0.4, 0.5) is 8.78 Å². The highest BCUT2D eigenvalue weighted by atomic mass is 19.1. The topological polar surface area (TPSA) is 46.5 Å². The molecule has 1 aliphatic rings. The molecule has 2 rings (SSSR count). The van der Waals surface area contributed by atoms with E-state index < -0.39 is 23.2 Å². The van der Waals surface area contributed by atoms with Crippen molar-refractivity contribution in [1.29, 1.82) is 0 Å². The molecule has 0 amide bonds. The van der Waals surface area contributed by atoms with Crippen molar-refractivity contribution in [3.8, 4) is 5.75 Å². The zero-order valence-corrected chi connectivity index (χ0v) is 12.8. The molecule has 3 nitrogen and oxygen atoms in total. The van der Waals surface area contributed by atoms with E-state index >= 15 is 0 Å². The van der Waals surface area contributed by atoms with E-state index in [9.17, 15) is 13.6 Å². The largest absolute Gasteiger partial charge is 0.493 e. The Morgan fingerprint density at radius 2 is 1.73 bits per heavy atom. The van der Waals surface area contributed by atoms with Crippen molar-refractivity contribution in [2.45, 2.75) is 45.4 Å². The van der Waals surface area contributed by atoms with Gasteiger partial charge in [0.15, 0.2) is 0 Å². The number of rotatable bonds is 6. The first-order chi connectivity index (χ1) is 10.5. The van der Waals surface area contributed by atoms with E-state index in [0.717, 1.165) is 30.9 Å². The summed E-state index contributed by atoms with van der Waals surface area (Å²) in [5.41, 5.74) is -0.938. The molecule has 1 aromatic rings. The molecule has 1 aromatic carbocycles. The molecule has 1 saturated carbocycles. The number of carboxylic acids is 1. The van der Waals surface area contributed by atoms with E-state index in [-0.39, 0.29) is 5.75 Å². The number of carbonyl (C=O) groups is 1. The molecule has 22 heavy (non-hydrogen) atoms. The Morgan fingerprint density at radius 3 is 2.23 bits per heavy atom. The number of benzene rings is 1. The van der Waals surface area contributed by atoms with Crippen LogP contribution in [-0.2, 0) is 0 Å². The second-order valence-corrected chi connectivity index (χ2v) is 6.05. The van der Waals surface area contributed by atoms with Gasteiger partial charge in [0.2, 0.25) is 0 Å². The van der Waals surface area contributed by atoms with Gasteiger partial charge < -0.3 is 9.84 Å². The van der Waals surface area contributed by atoms with E-state index in [2.05, 4.69) is 6.92 Å². The van der Waals surface area contributed by atoms with Crippen LogP contribution >= 0.6 is 0 Å². The van der Waals surface area contributed by atoms with Crippen molar-refractivity contribution >= 4 is 5.97 Å². The molecule has 0 unspecified atom stereocenters. The van der Waals surface area contributed by atoms with Gasteiger partial charge in [0.05, 0.1) is 6.61 Å². The lowest BCUT2D eigenvalue weighted by molar-refractivity contribution is 0.0686. The average molecular weight is 312 g/mol. The van der Waals surface area contributed by atoms with Crippen molar-refractivity contribution in [1.82, 2.24) is 0 Å². The van der Waals surface area contributed by atoms with Crippen LogP contribution in [-0.4, -0.2) is 17.7 Å². The fraction of sp³-hybridized carbons (Fsp3) is 0.588. The third-order valence-electron chi connectivity index (χ3n) is 4.38. The molecule has 0 aromatic heterocycles. The zero-order chi connectivity index (χ0) is 16.1. The van der Waals surface area contributed by atoms with Crippen molar-refractivity contribution in [3.63, 3.8) is 0 Å². The normalized spacial score (nSPS) is 21.6. The monoisotopic (exact) mass is 312 g/mol. The van der Waals surface area contributed by atoms with Gasteiger partial charge in [0, 0.05) is 12.1 Å². The van der Waals surface area contributed by atoms with Gasteiger partial charge in [-0.2, -0.15) is 0 Å². The van der Waals surface area contributed by atoms with Crippen LogP contribution in [0.15, 0.2) is 12.1 Å². The molecule has 0 radical (unpaired) electrons. The van der Waals surface area contributed by atoms with Crippen LogP contribution in [0, 0.1) is 23.5 Å². The third kappa shape index (κ3) is 4.18. The summed E-state index contributed by atoms with van der Waals surface area (Å²) in [6, 6.07) is 1.88. The molecule has 0 atom stereocenters. The minimum atomic E-state index is -1.62. The highest BCUT2D eigenvalue weighted by Crippen LogP contribution is 2.32. The molecule has 0 aliphatic heterocycles. The van der Waals surface area contributed by atoms with Gasteiger partial charge in [-0.05, 0) is 24.7 Å². The molecule has 0 spiro atoms. The Bertz CT molecular complexity index is 500. The standard InChI is InChI=1S/C17H22F2O3/c1-2-3-11-4-6-12(7-5-11)10-22-13-8-14(18)16(17(20)21)15(19)9-13/h8-9,11-12H,2-7,10H2,1H3,(H,20,21)/t11-,12-. The van der Waals surface area contributed by atoms with Gasteiger partial charge in [-0.3, -0.25) is 0 Å². The van der Waals surface area contributed by atoms with Crippen LogP contribution in [0.2, 0.25) is 0 Å². The van der Waals surface area contributed by atoms with Crippen molar-refractivity contribution < 1.29 is 23.4 Å². The molecular formula is C17H22F2O3. The molecule has 122 valence electrons. The first kappa shape index (κ1) is 16.7. The smallest absolute Gasteiger partial charge is 0.341 e. The fourth-order valence-corrected chi connectivity index (χ4v) is 3.15. The summed E-state index contributed by atoms with van der Waals surface area (Å²) in [4.78, 5) is 10.7. The maximum absolute atomic E-state index is 13.6. The summed E-state index contributed by atoms with van der Waals surface area (Å²) >= 11 is 0. The average Bonchev–Trinajstić information content (AvgIpc) is 2.46. The Morgan fingerprint density at radius 1 is 1.18 bits per heavy atom. The predicted molar refractivity (Wildman–Crippen MR) is 79.2 cm³/mol. The van der Waals surface area contributed by atoms with Crippen molar-refractivity contribution in [2.75, 3.05) is 6.61 Å². The Kier molecular flexibility index (Phi) is 5.75. The molecule has 1 N–H and O–H groups in total. The molecule has 0 saturated heterocycles. The fourth-order valence-electron chi connectivity index (χ4n) is 3.15. The van der Waals surface area contributed by atoms with Crippen LogP contribution < -0.4 is 4.74 Å². The van der Waals surface area contributed by atoms with Gasteiger partial charge in [0.25, 0.3) is 0 Å². The van der Waals surface area contributed by atoms with Crippen LogP contribution in [0.3, 0.4) is 0 Å². The maximum Gasteiger partial charge on any atom is 0.341 e. The van der Waals surface area contributed by atoms with Gasteiger partial charge in [-0.25, -0.2) is 13.6 Å². The number of hydrogen-bond donors (Lipinski definition) is 1. The lowest BCUT2D eigenvalue weighted by Gasteiger charge is -2.28. The van der Waals surface area contributed by atoms with Crippen molar-refractivity contribution in [2.24, 2.45) is 11.8 Å².